The molecule has 0 aromatic heterocycles. The Morgan fingerprint density at radius 1 is 1.04 bits per heavy atom. The summed E-state index contributed by atoms with van der Waals surface area (Å²) in [4.78, 5) is 27.7. The van der Waals surface area contributed by atoms with Crippen LogP contribution in [0.25, 0.3) is 0 Å². The average Bonchev–Trinajstić information content (AvgIpc) is 2.61. The Hall–Kier alpha value is -1.63. The topological polar surface area (TPSA) is 120 Å². The van der Waals surface area contributed by atoms with Crippen LogP contribution in [0.1, 0.15) is 77.0 Å². The van der Waals surface area contributed by atoms with Gasteiger partial charge in [-0.25, -0.2) is 9.79 Å². The number of nitrogens with zero attached hydrogens (tertiary/aromatic N) is 1. The van der Waals surface area contributed by atoms with E-state index in [2.05, 4.69) is 10.3 Å². The third-order valence-electron chi connectivity index (χ3n) is 5.01. The molecular weight excluding hydrogens is 320 g/mol. The fraction of sp³-hybridized carbons (Fsp3) is 0.833. The van der Waals surface area contributed by atoms with E-state index < -0.39 is 17.9 Å². The second kappa shape index (κ2) is 10.4. The van der Waals surface area contributed by atoms with E-state index in [-0.39, 0.29) is 18.9 Å². The molecular formula is C18H32N4O3. The van der Waals surface area contributed by atoms with E-state index in [9.17, 15) is 9.59 Å². The van der Waals surface area contributed by atoms with Gasteiger partial charge in [0.2, 0.25) is 5.91 Å². The van der Waals surface area contributed by atoms with Gasteiger partial charge >= 0.3 is 5.97 Å². The number of carbonyl (C=O) groups excluding carboxylic acids is 2. The first-order chi connectivity index (χ1) is 12.0. The number of aliphatic imine (C=N–C) groups is 1. The zero-order valence-electron chi connectivity index (χ0n) is 15.0. The quantitative estimate of drug-likeness (QED) is 0.382. The minimum atomic E-state index is -0.864. The van der Waals surface area contributed by atoms with Crippen LogP contribution in [0.2, 0.25) is 0 Å². The van der Waals surface area contributed by atoms with Crippen LogP contribution in [0.5, 0.6) is 0 Å². The van der Waals surface area contributed by atoms with Crippen LogP contribution in [0, 0.1) is 0 Å². The summed E-state index contributed by atoms with van der Waals surface area (Å²) in [5.41, 5.74) is 10.9. The molecule has 0 heterocycles. The molecule has 7 nitrogen and oxygen atoms in total. The van der Waals surface area contributed by atoms with Gasteiger partial charge in [-0.15, -0.1) is 0 Å². The number of hydrogen-bond acceptors (Lipinski definition) is 5. The lowest BCUT2D eigenvalue weighted by molar-refractivity contribution is -0.137. The molecule has 0 unspecified atom stereocenters. The summed E-state index contributed by atoms with van der Waals surface area (Å²) in [5.74, 6) is -1.03. The van der Waals surface area contributed by atoms with Crippen LogP contribution in [0.3, 0.4) is 0 Å². The largest absolute Gasteiger partial charge is 0.392 e. The number of hydrogen-bond donors (Lipinski definition) is 3. The van der Waals surface area contributed by atoms with Crippen LogP contribution in [0.4, 0.5) is 0 Å². The molecule has 7 heteroatoms. The second-order valence-corrected chi connectivity index (χ2v) is 7.24. The molecule has 0 aromatic carbocycles. The number of carbonyl (C=O) groups is 2. The van der Waals surface area contributed by atoms with Gasteiger partial charge in [-0.05, 0) is 32.1 Å². The van der Waals surface area contributed by atoms with E-state index in [4.69, 9.17) is 16.2 Å². The maximum atomic E-state index is 12.2. The number of amidine groups is 1. The average molecular weight is 352 g/mol. The summed E-state index contributed by atoms with van der Waals surface area (Å²) >= 11 is 0. The van der Waals surface area contributed by atoms with E-state index >= 15 is 0 Å². The lowest BCUT2D eigenvalue weighted by atomic mass is 9.95. The molecule has 2 aliphatic carbocycles. The van der Waals surface area contributed by atoms with Crippen molar-refractivity contribution in [1.29, 1.82) is 0 Å². The number of nitrogens with two attached hydrogens (primary N) is 2. The minimum Gasteiger partial charge on any atom is -0.392 e. The molecule has 2 saturated carbocycles. The number of rotatable bonds is 6. The van der Waals surface area contributed by atoms with Crippen molar-refractivity contribution in [2.45, 2.75) is 95.2 Å². The van der Waals surface area contributed by atoms with E-state index in [0.29, 0.717) is 12.1 Å². The van der Waals surface area contributed by atoms with E-state index in [1.165, 1.54) is 25.7 Å². The molecule has 0 bridgehead atoms. The zero-order valence-corrected chi connectivity index (χ0v) is 15.0. The smallest absolute Gasteiger partial charge is 0.330 e. The molecule has 142 valence electrons. The first-order valence-electron chi connectivity index (χ1n) is 9.64. The van der Waals surface area contributed by atoms with Crippen LogP contribution < -0.4 is 16.8 Å². The molecule has 2 fully saturated rings. The van der Waals surface area contributed by atoms with Crippen LogP contribution in [0.15, 0.2) is 4.99 Å². The molecule has 2 rings (SSSR count). The summed E-state index contributed by atoms with van der Waals surface area (Å²) < 4.78 is 5.47. The standard InChI is InChI=1S/C18H32N4O3/c19-15(11-12-16(20)23)17(24)25-18(21-13-7-3-1-4-8-13)22-14-9-5-2-6-10-14/h13-15H,1-12,19H2,(H2,20,23)(H,21,22)/t15-/m1/s1. The molecule has 0 saturated heterocycles. The molecule has 5 N–H and O–H groups in total. The van der Waals surface area contributed by atoms with Gasteiger partial charge in [0.25, 0.3) is 6.02 Å². The molecule has 0 radical (unpaired) electrons. The number of ether oxygens (including phenoxy) is 1. The van der Waals surface area contributed by atoms with Gasteiger partial charge in [0.15, 0.2) is 0 Å². The predicted octanol–water partition coefficient (Wildman–Crippen LogP) is 1.73. The fourth-order valence-electron chi connectivity index (χ4n) is 3.48. The monoisotopic (exact) mass is 352 g/mol. The highest BCUT2D eigenvalue weighted by molar-refractivity contribution is 5.90. The van der Waals surface area contributed by atoms with Crippen molar-refractivity contribution < 1.29 is 14.3 Å². The van der Waals surface area contributed by atoms with Crippen LogP contribution in [-0.4, -0.2) is 36.0 Å². The van der Waals surface area contributed by atoms with E-state index in [0.717, 1.165) is 38.5 Å². The minimum absolute atomic E-state index is 0.0709. The molecule has 0 aliphatic heterocycles. The molecule has 25 heavy (non-hydrogen) atoms. The summed E-state index contributed by atoms with van der Waals surface area (Å²) in [6.07, 6.45) is 11.6. The van der Waals surface area contributed by atoms with Gasteiger partial charge in [-0.3, -0.25) is 4.79 Å². The lowest BCUT2D eigenvalue weighted by Crippen LogP contribution is -2.43. The number of esters is 1. The molecule has 1 amide bonds. The van der Waals surface area contributed by atoms with Crippen molar-refractivity contribution in [3.8, 4) is 0 Å². The Labute approximate surface area is 149 Å². The highest BCUT2D eigenvalue weighted by Crippen LogP contribution is 2.21. The van der Waals surface area contributed by atoms with Crippen LogP contribution in [-0.2, 0) is 14.3 Å². The molecule has 2 aliphatic rings. The SMILES string of the molecule is NC(=O)CC[C@@H](N)C(=O)O/C(=N\C1CCCCC1)NC1CCCCC1. The summed E-state index contributed by atoms with van der Waals surface area (Å²) in [7, 11) is 0. The van der Waals surface area contributed by atoms with Gasteiger partial charge in [0.1, 0.15) is 6.04 Å². The highest BCUT2D eigenvalue weighted by Gasteiger charge is 2.23. The van der Waals surface area contributed by atoms with Crippen molar-refractivity contribution in [3.05, 3.63) is 0 Å². The molecule has 0 aromatic rings. The predicted molar refractivity (Wildman–Crippen MR) is 96.8 cm³/mol. The Morgan fingerprint density at radius 3 is 2.24 bits per heavy atom. The summed E-state index contributed by atoms with van der Waals surface area (Å²) in [6, 6.07) is -0.0595. The summed E-state index contributed by atoms with van der Waals surface area (Å²) in [6.45, 7) is 0. The fourth-order valence-corrected chi connectivity index (χ4v) is 3.48. The first kappa shape index (κ1) is 19.7. The third kappa shape index (κ3) is 7.42. The van der Waals surface area contributed by atoms with Gasteiger partial charge in [-0.1, -0.05) is 38.5 Å². The van der Waals surface area contributed by atoms with Crippen LogP contribution >= 0.6 is 0 Å². The van der Waals surface area contributed by atoms with Gasteiger partial charge in [0.05, 0.1) is 6.04 Å². The van der Waals surface area contributed by atoms with E-state index in [1.807, 2.05) is 0 Å². The summed E-state index contributed by atoms with van der Waals surface area (Å²) in [5, 5.41) is 3.31. The van der Waals surface area contributed by atoms with Crippen molar-refractivity contribution >= 4 is 17.9 Å². The maximum absolute atomic E-state index is 12.2. The number of amides is 1. The second-order valence-electron chi connectivity index (χ2n) is 7.24. The first-order valence-corrected chi connectivity index (χ1v) is 9.64. The normalized spacial score (nSPS) is 21.6. The Balaban J connectivity index is 1.95. The Morgan fingerprint density at radius 2 is 1.64 bits per heavy atom. The number of primary amides is 1. The van der Waals surface area contributed by atoms with Gasteiger partial charge < -0.3 is 21.5 Å². The van der Waals surface area contributed by atoms with Crippen molar-refractivity contribution in [2.75, 3.05) is 0 Å². The van der Waals surface area contributed by atoms with Gasteiger partial charge in [-0.2, -0.15) is 0 Å². The van der Waals surface area contributed by atoms with Gasteiger partial charge in [0, 0.05) is 12.5 Å². The lowest BCUT2D eigenvalue weighted by Gasteiger charge is -2.26. The Bertz CT molecular complexity index is 469. The zero-order chi connectivity index (χ0) is 18.1. The Kier molecular flexibility index (Phi) is 8.18. The van der Waals surface area contributed by atoms with Crippen molar-refractivity contribution in [1.82, 2.24) is 5.32 Å². The van der Waals surface area contributed by atoms with E-state index in [1.54, 1.807) is 0 Å². The van der Waals surface area contributed by atoms with Crippen molar-refractivity contribution in [3.63, 3.8) is 0 Å². The maximum Gasteiger partial charge on any atom is 0.330 e. The molecule has 1 atom stereocenters. The molecule has 0 spiro atoms. The number of nitrogens with one attached hydrogen (secondary N) is 1. The highest BCUT2D eigenvalue weighted by atomic mass is 16.6. The third-order valence-corrected chi connectivity index (χ3v) is 5.01. The van der Waals surface area contributed by atoms with Crippen molar-refractivity contribution in [2.24, 2.45) is 16.5 Å².